The highest BCUT2D eigenvalue weighted by atomic mass is 79.9. The normalized spacial score (nSPS) is 10.6. The molecule has 1 aromatic carbocycles. The van der Waals surface area contributed by atoms with Gasteiger partial charge in [0.1, 0.15) is 6.20 Å². The molecule has 1 aromatic heterocycles. The van der Waals surface area contributed by atoms with E-state index >= 15 is 0 Å². The van der Waals surface area contributed by atoms with E-state index in [4.69, 9.17) is 10.5 Å². The second-order valence-electron chi connectivity index (χ2n) is 4.04. The Morgan fingerprint density at radius 3 is 2.89 bits per heavy atom. The van der Waals surface area contributed by atoms with Crippen molar-refractivity contribution in [2.24, 2.45) is 0 Å². The average Bonchev–Trinajstić information content (AvgIpc) is 2.71. The van der Waals surface area contributed by atoms with Gasteiger partial charge in [-0.25, -0.2) is 4.68 Å². The van der Waals surface area contributed by atoms with E-state index in [2.05, 4.69) is 33.2 Å². The van der Waals surface area contributed by atoms with Crippen LogP contribution < -0.4 is 10.5 Å². The van der Waals surface area contributed by atoms with Crippen molar-refractivity contribution in [3.8, 4) is 11.6 Å². The van der Waals surface area contributed by atoms with E-state index in [9.17, 15) is 0 Å². The van der Waals surface area contributed by atoms with Crippen LogP contribution in [0.1, 0.15) is 18.9 Å². The summed E-state index contributed by atoms with van der Waals surface area (Å²) in [6.07, 6.45) is 2.56. The van der Waals surface area contributed by atoms with Crippen LogP contribution >= 0.6 is 15.9 Å². The second kappa shape index (κ2) is 5.39. The van der Waals surface area contributed by atoms with Crippen LogP contribution in [0, 0.1) is 6.92 Å². The van der Waals surface area contributed by atoms with Crippen molar-refractivity contribution in [1.29, 1.82) is 0 Å². The van der Waals surface area contributed by atoms with Crippen LogP contribution in [0.15, 0.2) is 22.8 Å². The maximum Gasteiger partial charge on any atom is 0.238 e. The number of nitrogen functional groups attached to an aromatic ring is 1. The van der Waals surface area contributed by atoms with Crippen molar-refractivity contribution in [3.05, 3.63) is 28.4 Å². The lowest BCUT2D eigenvalue weighted by molar-refractivity contribution is 0.406. The first-order valence-corrected chi connectivity index (χ1v) is 6.53. The summed E-state index contributed by atoms with van der Waals surface area (Å²) in [5.74, 6) is 1.26. The Kier molecular flexibility index (Phi) is 3.86. The average molecular weight is 311 g/mol. The summed E-state index contributed by atoms with van der Waals surface area (Å²) in [5, 5.41) is 7.82. The van der Waals surface area contributed by atoms with Crippen molar-refractivity contribution in [2.45, 2.75) is 26.8 Å². The summed E-state index contributed by atoms with van der Waals surface area (Å²) < 4.78 is 8.47. The van der Waals surface area contributed by atoms with Gasteiger partial charge in [0.25, 0.3) is 0 Å². The number of hydrogen-bond acceptors (Lipinski definition) is 4. The number of benzene rings is 1. The van der Waals surface area contributed by atoms with Gasteiger partial charge in [-0.2, -0.15) is 0 Å². The van der Waals surface area contributed by atoms with E-state index in [1.807, 2.05) is 19.1 Å². The van der Waals surface area contributed by atoms with Crippen LogP contribution in [0.25, 0.3) is 0 Å². The third-order valence-electron chi connectivity index (χ3n) is 2.49. The van der Waals surface area contributed by atoms with Gasteiger partial charge in [0.2, 0.25) is 5.88 Å². The van der Waals surface area contributed by atoms with Crippen LogP contribution in [0.4, 0.5) is 5.69 Å². The Morgan fingerprint density at radius 1 is 1.44 bits per heavy atom. The van der Waals surface area contributed by atoms with E-state index < -0.39 is 0 Å². The lowest BCUT2D eigenvalue weighted by Crippen LogP contribution is -2.03. The minimum Gasteiger partial charge on any atom is -0.435 e. The molecule has 96 valence electrons. The molecular weight excluding hydrogens is 296 g/mol. The largest absolute Gasteiger partial charge is 0.435 e. The number of anilines is 1. The van der Waals surface area contributed by atoms with Crippen molar-refractivity contribution < 1.29 is 4.74 Å². The fourth-order valence-electron chi connectivity index (χ4n) is 1.69. The zero-order valence-corrected chi connectivity index (χ0v) is 11.9. The van der Waals surface area contributed by atoms with Gasteiger partial charge in [0.05, 0.1) is 5.69 Å². The van der Waals surface area contributed by atoms with Gasteiger partial charge in [0, 0.05) is 11.0 Å². The first-order chi connectivity index (χ1) is 8.61. The quantitative estimate of drug-likeness (QED) is 0.881. The Balaban J connectivity index is 2.31. The standard InChI is InChI=1S/C12H15BrN4O/c1-3-4-17-11(7-15-16-17)18-12-8(2)5-9(13)6-10(12)14/h5-7H,3-4,14H2,1-2H3. The molecule has 2 N–H and O–H groups in total. The fraction of sp³-hybridized carbons (Fsp3) is 0.333. The number of aromatic nitrogens is 3. The highest BCUT2D eigenvalue weighted by Gasteiger charge is 2.11. The van der Waals surface area contributed by atoms with Crippen molar-refractivity contribution in [2.75, 3.05) is 5.73 Å². The minimum absolute atomic E-state index is 0.589. The van der Waals surface area contributed by atoms with E-state index in [0.29, 0.717) is 17.3 Å². The van der Waals surface area contributed by atoms with Crippen LogP contribution in [-0.4, -0.2) is 15.0 Å². The summed E-state index contributed by atoms with van der Waals surface area (Å²) >= 11 is 3.40. The Morgan fingerprint density at radius 2 is 2.22 bits per heavy atom. The van der Waals surface area contributed by atoms with Crippen LogP contribution in [0.3, 0.4) is 0 Å². The topological polar surface area (TPSA) is 66.0 Å². The first-order valence-electron chi connectivity index (χ1n) is 5.73. The smallest absolute Gasteiger partial charge is 0.238 e. The second-order valence-corrected chi connectivity index (χ2v) is 4.95. The van der Waals surface area contributed by atoms with E-state index in [1.54, 1.807) is 10.9 Å². The molecule has 0 aliphatic carbocycles. The molecule has 0 saturated heterocycles. The maximum atomic E-state index is 5.96. The lowest BCUT2D eigenvalue weighted by Gasteiger charge is -2.12. The number of hydrogen-bond donors (Lipinski definition) is 1. The number of ether oxygens (including phenoxy) is 1. The lowest BCUT2D eigenvalue weighted by atomic mass is 10.2. The summed E-state index contributed by atoms with van der Waals surface area (Å²) in [6, 6.07) is 3.77. The van der Waals surface area contributed by atoms with Crippen LogP contribution in [0.5, 0.6) is 11.6 Å². The van der Waals surface area contributed by atoms with Gasteiger partial charge in [-0.15, -0.1) is 5.10 Å². The molecule has 0 bridgehead atoms. The predicted molar refractivity (Wildman–Crippen MR) is 73.7 cm³/mol. The summed E-state index contributed by atoms with van der Waals surface area (Å²) in [6.45, 7) is 4.79. The number of aryl methyl sites for hydroxylation is 2. The first kappa shape index (κ1) is 12.9. The third-order valence-corrected chi connectivity index (χ3v) is 2.95. The Hall–Kier alpha value is -1.56. The third kappa shape index (κ3) is 2.64. The molecule has 0 unspecified atom stereocenters. The Bertz CT molecular complexity index is 530. The molecule has 1 heterocycles. The number of nitrogens with zero attached hydrogens (tertiary/aromatic N) is 3. The minimum atomic E-state index is 0.589. The van der Waals surface area contributed by atoms with E-state index in [0.717, 1.165) is 23.0 Å². The van der Waals surface area contributed by atoms with Gasteiger partial charge in [-0.1, -0.05) is 28.1 Å². The molecule has 0 fully saturated rings. The molecule has 0 spiro atoms. The molecule has 0 atom stereocenters. The highest BCUT2D eigenvalue weighted by Crippen LogP contribution is 2.33. The zero-order chi connectivity index (χ0) is 13.1. The van der Waals surface area contributed by atoms with Gasteiger partial charge in [-0.3, -0.25) is 0 Å². The summed E-state index contributed by atoms with van der Waals surface area (Å²) in [5.41, 5.74) is 7.51. The molecule has 0 radical (unpaired) electrons. The van der Waals surface area contributed by atoms with Crippen LogP contribution in [-0.2, 0) is 6.54 Å². The van der Waals surface area contributed by atoms with Gasteiger partial charge >= 0.3 is 0 Å². The predicted octanol–water partition coefficient (Wildman–Crippen LogP) is 3.13. The monoisotopic (exact) mass is 310 g/mol. The van der Waals surface area contributed by atoms with Gasteiger partial charge in [-0.05, 0) is 31.0 Å². The number of nitrogens with two attached hydrogens (primary N) is 1. The van der Waals surface area contributed by atoms with Crippen molar-refractivity contribution in [3.63, 3.8) is 0 Å². The van der Waals surface area contributed by atoms with E-state index in [1.165, 1.54) is 0 Å². The molecule has 0 saturated carbocycles. The number of rotatable bonds is 4. The molecule has 2 rings (SSSR count). The Labute approximate surface area is 114 Å². The fourth-order valence-corrected chi connectivity index (χ4v) is 2.28. The molecule has 0 aliphatic rings. The summed E-state index contributed by atoms with van der Waals surface area (Å²) in [4.78, 5) is 0. The van der Waals surface area contributed by atoms with Gasteiger partial charge in [0.15, 0.2) is 5.75 Å². The molecule has 18 heavy (non-hydrogen) atoms. The highest BCUT2D eigenvalue weighted by molar-refractivity contribution is 9.10. The zero-order valence-electron chi connectivity index (χ0n) is 10.4. The molecule has 2 aromatic rings. The van der Waals surface area contributed by atoms with Crippen molar-refractivity contribution >= 4 is 21.6 Å². The van der Waals surface area contributed by atoms with Crippen molar-refractivity contribution in [1.82, 2.24) is 15.0 Å². The summed E-state index contributed by atoms with van der Waals surface area (Å²) in [7, 11) is 0. The molecule has 0 aliphatic heterocycles. The number of halogens is 1. The molecule has 0 amide bonds. The maximum absolute atomic E-state index is 5.96. The SMILES string of the molecule is CCCn1nncc1Oc1c(C)cc(Br)cc1N. The molecule has 5 nitrogen and oxygen atoms in total. The van der Waals surface area contributed by atoms with E-state index in [-0.39, 0.29) is 0 Å². The van der Waals surface area contributed by atoms with Gasteiger partial charge < -0.3 is 10.5 Å². The van der Waals surface area contributed by atoms with Crippen LogP contribution in [0.2, 0.25) is 0 Å². The molecule has 6 heteroatoms. The molecular formula is C12H15BrN4O.